The van der Waals surface area contributed by atoms with Crippen molar-refractivity contribution in [3.05, 3.63) is 76.6 Å². The van der Waals surface area contributed by atoms with Crippen LogP contribution in [0, 0.1) is 11.3 Å². The van der Waals surface area contributed by atoms with Crippen molar-refractivity contribution in [3.63, 3.8) is 0 Å². The van der Waals surface area contributed by atoms with Crippen LogP contribution < -0.4 is 10.5 Å². The predicted octanol–water partition coefficient (Wildman–Crippen LogP) is 3.50. The number of H-pyrrole nitrogens is 1. The molecule has 3 aromatic rings. The predicted molar refractivity (Wildman–Crippen MR) is 98.0 cm³/mol. The summed E-state index contributed by atoms with van der Waals surface area (Å²) >= 11 is 3.94. The van der Waals surface area contributed by atoms with Crippen molar-refractivity contribution in [1.29, 1.82) is 5.26 Å². The minimum atomic E-state index is -0.445. The molecule has 122 valence electrons. The second-order valence-electron chi connectivity index (χ2n) is 5.13. The van der Waals surface area contributed by atoms with Gasteiger partial charge in [0.25, 0.3) is 10.8 Å². The highest BCUT2D eigenvalue weighted by Crippen LogP contribution is 2.29. The molecule has 0 aliphatic heterocycles. The monoisotopic (exact) mass is 348 g/mol. The van der Waals surface area contributed by atoms with Crippen LogP contribution in [0.5, 0.6) is 0 Å². The van der Waals surface area contributed by atoms with Crippen LogP contribution in [0.1, 0.15) is 5.56 Å². The number of anilines is 2. The van der Waals surface area contributed by atoms with Gasteiger partial charge >= 0.3 is 0 Å². The van der Waals surface area contributed by atoms with Gasteiger partial charge in [-0.2, -0.15) is 10.4 Å². The number of aromatic nitrogens is 2. The minimum Gasteiger partial charge on any atom is -0.272 e. The van der Waals surface area contributed by atoms with Gasteiger partial charge in [0.2, 0.25) is 0 Å². The molecule has 0 unspecified atom stereocenters. The van der Waals surface area contributed by atoms with Gasteiger partial charge in [-0.05, 0) is 42.5 Å². The molecule has 6 nitrogen and oxygen atoms in total. The van der Waals surface area contributed by atoms with Crippen LogP contribution in [0.3, 0.4) is 0 Å². The van der Waals surface area contributed by atoms with Gasteiger partial charge < -0.3 is 0 Å². The molecule has 1 aromatic heterocycles. The highest BCUT2D eigenvalue weighted by Gasteiger charge is 2.15. The van der Waals surface area contributed by atoms with Crippen LogP contribution in [-0.2, 0) is 0 Å². The average Bonchev–Trinajstić information content (AvgIpc) is 2.63. The molecule has 0 aliphatic carbocycles. The number of amides is 1. The van der Waals surface area contributed by atoms with Gasteiger partial charge in [-0.15, -0.1) is 0 Å². The number of nitrogens with zero attached hydrogens (tertiary/aromatic N) is 3. The zero-order valence-electron chi connectivity index (χ0n) is 12.9. The molecular weight excluding hydrogens is 336 g/mol. The van der Waals surface area contributed by atoms with Gasteiger partial charge in [0.1, 0.15) is 0 Å². The second kappa shape index (κ2) is 7.03. The molecule has 25 heavy (non-hydrogen) atoms. The molecule has 1 N–H and O–H groups in total. The fraction of sp³-hybridized carbons (Fsp3) is 0. The maximum absolute atomic E-state index is 12.0. The molecule has 1 heterocycles. The van der Waals surface area contributed by atoms with Gasteiger partial charge in [0.05, 0.1) is 17.3 Å². The Kier molecular flexibility index (Phi) is 4.64. The van der Waals surface area contributed by atoms with Crippen LogP contribution in [0.4, 0.5) is 16.2 Å². The number of carbonyl (C=O) groups is 1. The van der Waals surface area contributed by atoms with Crippen LogP contribution in [0.15, 0.2) is 65.5 Å². The van der Waals surface area contributed by atoms with E-state index in [1.54, 1.807) is 54.6 Å². The quantitative estimate of drug-likeness (QED) is 0.709. The normalized spacial score (nSPS) is 10.1. The molecule has 0 saturated carbocycles. The smallest absolute Gasteiger partial charge is 0.272 e. The lowest BCUT2D eigenvalue weighted by Crippen LogP contribution is -2.19. The molecule has 7 heteroatoms. The van der Waals surface area contributed by atoms with E-state index in [-0.39, 0.29) is 5.56 Å². The van der Waals surface area contributed by atoms with Gasteiger partial charge in [0, 0.05) is 23.0 Å². The Morgan fingerprint density at radius 2 is 1.60 bits per heavy atom. The van der Waals surface area contributed by atoms with Crippen LogP contribution >= 0.6 is 12.6 Å². The maximum atomic E-state index is 12.0. The van der Waals surface area contributed by atoms with Gasteiger partial charge in [-0.25, -0.2) is 5.10 Å². The molecule has 0 bridgehead atoms. The first-order chi connectivity index (χ1) is 12.1. The molecule has 0 saturated heterocycles. The number of nitriles is 1. The third-order valence-electron chi connectivity index (χ3n) is 3.55. The van der Waals surface area contributed by atoms with E-state index >= 15 is 0 Å². The number of thiol groups is 1. The van der Waals surface area contributed by atoms with Crippen LogP contribution in [0.25, 0.3) is 11.3 Å². The van der Waals surface area contributed by atoms with E-state index in [9.17, 15) is 9.59 Å². The Morgan fingerprint density at radius 1 is 1.00 bits per heavy atom. The van der Waals surface area contributed by atoms with Crippen molar-refractivity contribution < 1.29 is 4.79 Å². The molecule has 2 aromatic carbocycles. The van der Waals surface area contributed by atoms with Crippen molar-refractivity contribution in [3.8, 4) is 17.3 Å². The standard InChI is InChI=1S/C18H12N4O2S/c19-11-12-1-5-14(6-2-12)22(18(24)25)15-7-3-13(4-8-15)16-9-10-17(23)21-20-16/h1-10H,(H,21,23)(H,24,25). The van der Waals surface area contributed by atoms with Crippen molar-refractivity contribution in [2.75, 3.05) is 4.90 Å². The summed E-state index contributed by atoms with van der Waals surface area (Å²) in [6.07, 6.45) is 0. The molecule has 0 aliphatic rings. The third-order valence-corrected chi connectivity index (χ3v) is 3.75. The highest BCUT2D eigenvalue weighted by molar-refractivity contribution is 7.97. The Hall–Kier alpha value is -3.37. The van der Waals surface area contributed by atoms with Gasteiger partial charge in [0.15, 0.2) is 0 Å². The molecule has 3 rings (SSSR count). The van der Waals surface area contributed by atoms with E-state index in [2.05, 4.69) is 22.8 Å². The highest BCUT2D eigenvalue weighted by atomic mass is 32.1. The SMILES string of the molecule is N#Cc1ccc(N(C(=O)S)c2ccc(-c3ccc(=O)[nH]n3)cc2)cc1. The van der Waals surface area contributed by atoms with Gasteiger partial charge in [-0.1, -0.05) is 24.8 Å². The Balaban J connectivity index is 1.94. The minimum absolute atomic E-state index is 0.270. The summed E-state index contributed by atoms with van der Waals surface area (Å²) in [5.74, 6) is 0. The summed E-state index contributed by atoms with van der Waals surface area (Å²) in [6.45, 7) is 0. The average molecular weight is 348 g/mol. The molecule has 0 atom stereocenters. The number of benzene rings is 2. The molecule has 0 fully saturated rings. The molecular formula is C18H12N4O2S. The lowest BCUT2D eigenvalue weighted by Gasteiger charge is -2.21. The zero-order valence-corrected chi connectivity index (χ0v) is 13.8. The number of carbonyl (C=O) groups excluding carboxylic acids is 1. The second-order valence-corrected chi connectivity index (χ2v) is 5.51. The fourth-order valence-electron chi connectivity index (χ4n) is 2.34. The number of hydrogen-bond acceptors (Lipinski definition) is 4. The van der Waals surface area contributed by atoms with E-state index in [0.29, 0.717) is 22.6 Å². The van der Waals surface area contributed by atoms with E-state index in [1.165, 1.54) is 11.0 Å². The van der Waals surface area contributed by atoms with E-state index in [4.69, 9.17) is 5.26 Å². The van der Waals surface area contributed by atoms with Crippen molar-refractivity contribution >= 4 is 29.2 Å². The van der Waals surface area contributed by atoms with Crippen molar-refractivity contribution in [2.24, 2.45) is 0 Å². The molecule has 0 radical (unpaired) electrons. The summed E-state index contributed by atoms with van der Waals surface area (Å²) in [5.41, 5.74) is 2.88. The first kappa shape index (κ1) is 16.5. The number of hydrogen-bond donors (Lipinski definition) is 2. The van der Waals surface area contributed by atoms with Gasteiger partial charge in [-0.3, -0.25) is 14.5 Å². The Labute approximate surface area is 148 Å². The lowest BCUT2D eigenvalue weighted by molar-refractivity contribution is 0.267. The summed E-state index contributed by atoms with van der Waals surface area (Å²) in [4.78, 5) is 24.5. The maximum Gasteiger partial charge on any atom is 0.287 e. The summed E-state index contributed by atoms with van der Waals surface area (Å²) in [7, 11) is 0. The number of aromatic amines is 1. The summed E-state index contributed by atoms with van der Waals surface area (Å²) in [6, 6.07) is 18.8. The first-order valence-corrected chi connectivity index (χ1v) is 7.72. The number of nitrogens with one attached hydrogen (secondary N) is 1. The molecule has 0 spiro atoms. The number of rotatable bonds is 3. The van der Waals surface area contributed by atoms with E-state index in [0.717, 1.165) is 5.56 Å². The summed E-state index contributed by atoms with van der Waals surface area (Å²) in [5, 5.41) is 14.8. The van der Waals surface area contributed by atoms with E-state index < -0.39 is 5.24 Å². The first-order valence-electron chi connectivity index (χ1n) is 7.28. The van der Waals surface area contributed by atoms with E-state index in [1.807, 2.05) is 6.07 Å². The third kappa shape index (κ3) is 3.59. The topological polar surface area (TPSA) is 89.9 Å². The zero-order chi connectivity index (χ0) is 17.8. The van der Waals surface area contributed by atoms with Crippen molar-refractivity contribution in [2.45, 2.75) is 0 Å². The Bertz CT molecular complexity index is 984. The summed E-state index contributed by atoms with van der Waals surface area (Å²) < 4.78 is 0. The molecule has 1 amide bonds. The lowest BCUT2D eigenvalue weighted by atomic mass is 10.1. The van der Waals surface area contributed by atoms with Crippen molar-refractivity contribution in [1.82, 2.24) is 10.2 Å². The fourth-order valence-corrected chi connectivity index (χ4v) is 2.57. The Morgan fingerprint density at radius 3 is 2.08 bits per heavy atom. The van der Waals surface area contributed by atoms with Crippen LogP contribution in [-0.4, -0.2) is 15.4 Å². The van der Waals surface area contributed by atoms with Crippen LogP contribution in [0.2, 0.25) is 0 Å². The largest absolute Gasteiger partial charge is 0.287 e.